The second-order valence-electron chi connectivity index (χ2n) is 5.33. The van der Waals surface area contributed by atoms with E-state index in [-0.39, 0.29) is 12.2 Å². The summed E-state index contributed by atoms with van der Waals surface area (Å²) in [5.74, 6) is 0. The Hall–Kier alpha value is -0.770. The predicted octanol–water partition coefficient (Wildman–Crippen LogP) is 1.70. The average molecular weight is 226 g/mol. The number of piperazine rings is 1. The van der Waals surface area contributed by atoms with Crippen LogP contribution in [0.3, 0.4) is 0 Å². The molecule has 0 aromatic rings. The molecule has 4 nitrogen and oxygen atoms in total. The van der Waals surface area contributed by atoms with Crippen LogP contribution in [0.5, 0.6) is 0 Å². The number of rotatable bonds is 2. The van der Waals surface area contributed by atoms with E-state index < -0.39 is 0 Å². The molecule has 0 aromatic carbocycles. The van der Waals surface area contributed by atoms with E-state index in [4.69, 9.17) is 4.74 Å². The molecule has 1 aliphatic carbocycles. The van der Waals surface area contributed by atoms with Crippen molar-refractivity contribution in [2.75, 3.05) is 13.1 Å². The molecule has 92 valence electrons. The van der Waals surface area contributed by atoms with Crippen molar-refractivity contribution in [3.63, 3.8) is 0 Å². The first-order chi connectivity index (χ1) is 7.50. The van der Waals surface area contributed by atoms with Crippen molar-refractivity contribution in [2.24, 2.45) is 0 Å². The molecule has 16 heavy (non-hydrogen) atoms. The van der Waals surface area contributed by atoms with Crippen molar-refractivity contribution < 1.29 is 9.53 Å². The SMILES string of the molecule is CC(C)OC(=O)N1CCN(C(C)C)[C@@H]2C[C@@H]21. The highest BCUT2D eigenvalue weighted by Gasteiger charge is 2.51. The lowest BCUT2D eigenvalue weighted by atomic mass is 10.2. The Kier molecular flexibility index (Phi) is 3.10. The summed E-state index contributed by atoms with van der Waals surface area (Å²) in [6.45, 7) is 10.0. The van der Waals surface area contributed by atoms with Crippen LogP contribution in [-0.2, 0) is 4.74 Å². The van der Waals surface area contributed by atoms with Gasteiger partial charge in [-0.05, 0) is 34.1 Å². The maximum Gasteiger partial charge on any atom is 0.410 e. The lowest BCUT2D eigenvalue weighted by Gasteiger charge is -2.36. The Labute approximate surface area is 97.5 Å². The molecule has 2 aliphatic rings. The van der Waals surface area contributed by atoms with Crippen LogP contribution < -0.4 is 0 Å². The van der Waals surface area contributed by atoms with E-state index in [1.54, 1.807) is 0 Å². The Bertz CT molecular complexity index is 278. The van der Waals surface area contributed by atoms with E-state index in [9.17, 15) is 4.79 Å². The zero-order valence-corrected chi connectivity index (χ0v) is 10.6. The molecule has 2 fully saturated rings. The predicted molar refractivity (Wildman–Crippen MR) is 62.4 cm³/mol. The van der Waals surface area contributed by atoms with Crippen molar-refractivity contribution >= 4 is 6.09 Å². The second kappa shape index (κ2) is 4.24. The van der Waals surface area contributed by atoms with Crippen LogP contribution in [0.25, 0.3) is 0 Å². The minimum atomic E-state index is -0.133. The fourth-order valence-corrected chi connectivity index (χ4v) is 2.55. The molecule has 0 radical (unpaired) electrons. The quantitative estimate of drug-likeness (QED) is 0.718. The summed E-state index contributed by atoms with van der Waals surface area (Å²) in [6.07, 6.45) is 0.962. The van der Waals surface area contributed by atoms with Gasteiger partial charge in [-0.3, -0.25) is 4.90 Å². The summed E-state index contributed by atoms with van der Waals surface area (Å²) < 4.78 is 5.25. The van der Waals surface area contributed by atoms with Gasteiger partial charge in [0, 0.05) is 25.2 Å². The smallest absolute Gasteiger partial charge is 0.410 e. The van der Waals surface area contributed by atoms with Crippen molar-refractivity contribution in [3.05, 3.63) is 0 Å². The normalized spacial score (nSPS) is 29.5. The van der Waals surface area contributed by atoms with Crippen LogP contribution >= 0.6 is 0 Å². The number of ether oxygens (including phenoxy) is 1. The highest BCUT2D eigenvalue weighted by atomic mass is 16.6. The van der Waals surface area contributed by atoms with Crippen LogP contribution in [-0.4, -0.2) is 53.2 Å². The Morgan fingerprint density at radius 3 is 2.44 bits per heavy atom. The summed E-state index contributed by atoms with van der Waals surface area (Å²) in [4.78, 5) is 16.2. The number of nitrogens with zero attached hydrogens (tertiary/aromatic N) is 2. The number of hydrogen-bond donors (Lipinski definition) is 0. The van der Waals surface area contributed by atoms with Crippen LogP contribution in [0, 0.1) is 0 Å². The summed E-state index contributed by atoms with van der Waals surface area (Å²) in [5, 5.41) is 0. The van der Waals surface area contributed by atoms with Gasteiger partial charge in [-0.2, -0.15) is 0 Å². The fraction of sp³-hybridized carbons (Fsp3) is 0.917. The van der Waals surface area contributed by atoms with E-state index in [0.717, 1.165) is 19.5 Å². The van der Waals surface area contributed by atoms with Crippen molar-refractivity contribution in [1.29, 1.82) is 0 Å². The minimum Gasteiger partial charge on any atom is -0.447 e. The number of carbonyl (C=O) groups excluding carboxylic acids is 1. The molecule has 1 heterocycles. The van der Waals surface area contributed by atoms with E-state index in [0.29, 0.717) is 18.1 Å². The maximum atomic E-state index is 11.8. The summed E-state index contributed by atoms with van der Waals surface area (Å²) >= 11 is 0. The third-order valence-electron chi connectivity index (χ3n) is 3.38. The van der Waals surface area contributed by atoms with Crippen molar-refractivity contribution in [2.45, 2.75) is 58.3 Å². The van der Waals surface area contributed by atoms with Gasteiger partial charge in [-0.15, -0.1) is 0 Å². The Balaban J connectivity index is 1.91. The molecule has 1 aliphatic heterocycles. The van der Waals surface area contributed by atoms with Crippen LogP contribution in [0.15, 0.2) is 0 Å². The lowest BCUT2D eigenvalue weighted by Crippen LogP contribution is -2.51. The zero-order chi connectivity index (χ0) is 11.9. The van der Waals surface area contributed by atoms with Gasteiger partial charge >= 0.3 is 6.09 Å². The molecule has 0 spiro atoms. The Morgan fingerprint density at radius 2 is 1.88 bits per heavy atom. The van der Waals surface area contributed by atoms with E-state index in [2.05, 4.69) is 18.7 Å². The van der Waals surface area contributed by atoms with Gasteiger partial charge in [0.2, 0.25) is 0 Å². The molecule has 1 saturated carbocycles. The first kappa shape index (κ1) is 11.7. The summed E-state index contributed by atoms with van der Waals surface area (Å²) in [6, 6.07) is 1.56. The topological polar surface area (TPSA) is 32.8 Å². The fourth-order valence-electron chi connectivity index (χ4n) is 2.55. The van der Waals surface area contributed by atoms with E-state index >= 15 is 0 Å². The van der Waals surface area contributed by atoms with Gasteiger partial charge in [0.1, 0.15) is 0 Å². The van der Waals surface area contributed by atoms with Gasteiger partial charge in [-0.25, -0.2) is 4.79 Å². The van der Waals surface area contributed by atoms with Gasteiger partial charge in [0.15, 0.2) is 0 Å². The maximum absolute atomic E-state index is 11.8. The van der Waals surface area contributed by atoms with E-state index in [1.807, 2.05) is 18.7 Å². The molecule has 4 heteroatoms. The molecule has 2 atom stereocenters. The third-order valence-corrected chi connectivity index (χ3v) is 3.38. The highest BCUT2D eigenvalue weighted by Crippen LogP contribution is 2.38. The number of fused-ring (bicyclic) bond motifs is 1. The first-order valence-electron chi connectivity index (χ1n) is 6.23. The van der Waals surface area contributed by atoms with Gasteiger partial charge in [-0.1, -0.05) is 0 Å². The van der Waals surface area contributed by atoms with Gasteiger partial charge < -0.3 is 9.64 Å². The van der Waals surface area contributed by atoms with Crippen molar-refractivity contribution in [1.82, 2.24) is 9.80 Å². The summed E-state index contributed by atoms with van der Waals surface area (Å²) in [5.41, 5.74) is 0. The number of hydrogen-bond acceptors (Lipinski definition) is 3. The van der Waals surface area contributed by atoms with Gasteiger partial charge in [0.05, 0.1) is 12.1 Å². The Morgan fingerprint density at radius 1 is 1.19 bits per heavy atom. The van der Waals surface area contributed by atoms with Crippen LogP contribution in [0.1, 0.15) is 34.1 Å². The highest BCUT2D eigenvalue weighted by molar-refractivity contribution is 5.69. The molecule has 1 saturated heterocycles. The molecule has 0 N–H and O–H groups in total. The minimum absolute atomic E-state index is 0.0205. The summed E-state index contributed by atoms with van der Waals surface area (Å²) in [7, 11) is 0. The largest absolute Gasteiger partial charge is 0.447 e. The van der Waals surface area contributed by atoms with E-state index in [1.165, 1.54) is 0 Å². The third kappa shape index (κ3) is 2.17. The van der Waals surface area contributed by atoms with Gasteiger partial charge in [0.25, 0.3) is 0 Å². The standard InChI is InChI=1S/C12H22N2O2/c1-8(2)13-5-6-14(11-7-10(11)13)12(15)16-9(3)4/h8-11H,5-7H2,1-4H3/t10-,11+/m1/s1. The molecular formula is C12H22N2O2. The molecule has 0 aromatic heterocycles. The lowest BCUT2D eigenvalue weighted by molar-refractivity contribution is 0.0497. The zero-order valence-electron chi connectivity index (χ0n) is 10.6. The van der Waals surface area contributed by atoms with Crippen molar-refractivity contribution in [3.8, 4) is 0 Å². The average Bonchev–Trinajstić information content (AvgIpc) is 2.93. The molecule has 1 amide bonds. The van der Waals surface area contributed by atoms with Crippen LogP contribution in [0.4, 0.5) is 4.79 Å². The molecule has 0 bridgehead atoms. The number of amides is 1. The molecule has 2 rings (SSSR count). The van der Waals surface area contributed by atoms with Crippen LogP contribution in [0.2, 0.25) is 0 Å². The number of carbonyl (C=O) groups is 1. The monoisotopic (exact) mass is 226 g/mol. The molecule has 0 unspecified atom stereocenters. The second-order valence-corrected chi connectivity index (χ2v) is 5.33. The first-order valence-corrected chi connectivity index (χ1v) is 6.23. The molecular weight excluding hydrogens is 204 g/mol.